The minimum absolute atomic E-state index is 0.00694. The molecule has 2 heteroatoms. The molecule has 1 aromatic rings. The van der Waals surface area contributed by atoms with Crippen LogP contribution >= 0.6 is 0 Å². The van der Waals surface area contributed by atoms with Crippen LogP contribution in [0, 0.1) is 5.92 Å². The zero-order valence-electron chi connectivity index (χ0n) is 8.48. The maximum Gasteiger partial charge on any atom is 0.308 e. The van der Waals surface area contributed by atoms with Crippen molar-refractivity contribution in [1.29, 1.82) is 0 Å². The monoisotopic (exact) mass is 192 g/mol. The Morgan fingerprint density at radius 1 is 1.14 bits per heavy atom. The van der Waals surface area contributed by atoms with Crippen molar-refractivity contribution in [3.05, 3.63) is 36.4 Å². The summed E-state index contributed by atoms with van der Waals surface area (Å²) >= 11 is 0. The van der Waals surface area contributed by atoms with Gasteiger partial charge in [-0.25, -0.2) is 0 Å². The predicted molar refractivity (Wildman–Crippen MR) is 55.8 cm³/mol. The van der Waals surface area contributed by atoms with Crippen LogP contribution < -0.4 is 0 Å². The lowest BCUT2D eigenvalue weighted by molar-refractivity contribution is -0.144. The van der Waals surface area contributed by atoms with Gasteiger partial charge in [-0.1, -0.05) is 36.4 Å². The molecule has 0 aromatic heterocycles. The van der Waals surface area contributed by atoms with Crippen LogP contribution in [0.5, 0.6) is 0 Å². The van der Waals surface area contributed by atoms with E-state index in [0.29, 0.717) is 6.61 Å². The lowest BCUT2D eigenvalue weighted by Crippen LogP contribution is -2.04. The largest absolute Gasteiger partial charge is 0.466 e. The molecule has 0 bridgehead atoms. The highest BCUT2D eigenvalue weighted by Gasteiger charge is 2.30. The topological polar surface area (TPSA) is 26.3 Å². The van der Waals surface area contributed by atoms with E-state index in [9.17, 15) is 4.79 Å². The standard InChI is InChI=1S/C6H10O2.C6H6/c1-2-8-6(7)5-3-4-5;1-2-4-6-5-3-1/h5H,2-4H2,1H3;1-6H. The molecule has 1 fully saturated rings. The highest BCUT2D eigenvalue weighted by Crippen LogP contribution is 2.29. The number of benzene rings is 1. The van der Waals surface area contributed by atoms with Crippen LogP contribution in [0.4, 0.5) is 0 Å². The van der Waals surface area contributed by atoms with Crippen LogP contribution in [0.2, 0.25) is 0 Å². The second kappa shape index (κ2) is 6.19. The first-order chi connectivity index (χ1) is 6.84. The van der Waals surface area contributed by atoms with Crippen molar-refractivity contribution in [3.63, 3.8) is 0 Å². The molecule has 0 amide bonds. The SMILES string of the molecule is CCOC(=O)C1CC1.c1ccccc1. The Kier molecular flexibility index (Phi) is 4.76. The van der Waals surface area contributed by atoms with Crippen LogP contribution in [0.1, 0.15) is 19.8 Å². The summed E-state index contributed by atoms with van der Waals surface area (Å²) in [5.74, 6) is 0.252. The third-order valence-corrected chi connectivity index (χ3v) is 1.86. The molecular formula is C12H16O2. The van der Waals surface area contributed by atoms with E-state index in [0.717, 1.165) is 12.8 Å². The highest BCUT2D eigenvalue weighted by molar-refractivity contribution is 5.74. The summed E-state index contributed by atoms with van der Waals surface area (Å²) in [6.45, 7) is 2.36. The number of hydrogen-bond donors (Lipinski definition) is 0. The van der Waals surface area contributed by atoms with E-state index >= 15 is 0 Å². The van der Waals surface area contributed by atoms with E-state index in [1.165, 1.54) is 0 Å². The summed E-state index contributed by atoms with van der Waals surface area (Å²) < 4.78 is 4.73. The maximum atomic E-state index is 10.6. The number of carbonyl (C=O) groups excluding carboxylic acids is 1. The summed E-state index contributed by atoms with van der Waals surface area (Å²) in [7, 11) is 0. The Hall–Kier alpha value is -1.31. The zero-order valence-corrected chi connectivity index (χ0v) is 8.48. The molecule has 0 radical (unpaired) electrons. The van der Waals surface area contributed by atoms with Crippen LogP contribution in [0.15, 0.2) is 36.4 Å². The molecule has 0 spiro atoms. The van der Waals surface area contributed by atoms with Gasteiger partial charge in [-0.05, 0) is 19.8 Å². The van der Waals surface area contributed by atoms with Gasteiger partial charge in [0.25, 0.3) is 0 Å². The normalized spacial score (nSPS) is 13.8. The summed E-state index contributed by atoms with van der Waals surface area (Å²) in [6, 6.07) is 12.0. The maximum absolute atomic E-state index is 10.6. The zero-order chi connectivity index (χ0) is 10.2. The fraction of sp³-hybridized carbons (Fsp3) is 0.417. The van der Waals surface area contributed by atoms with E-state index < -0.39 is 0 Å². The Balaban J connectivity index is 0.000000146. The second-order valence-corrected chi connectivity index (χ2v) is 3.18. The average molecular weight is 192 g/mol. The van der Waals surface area contributed by atoms with Crippen molar-refractivity contribution in [2.45, 2.75) is 19.8 Å². The average Bonchev–Trinajstić information content (AvgIpc) is 3.05. The molecule has 1 aliphatic carbocycles. The first kappa shape index (κ1) is 10.8. The van der Waals surface area contributed by atoms with Gasteiger partial charge in [-0.15, -0.1) is 0 Å². The quantitative estimate of drug-likeness (QED) is 0.673. The fourth-order valence-electron chi connectivity index (χ4n) is 0.964. The number of esters is 1. The summed E-state index contributed by atoms with van der Waals surface area (Å²) in [5.41, 5.74) is 0. The smallest absolute Gasteiger partial charge is 0.308 e. The molecule has 0 saturated heterocycles. The highest BCUT2D eigenvalue weighted by atomic mass is 16.5. The minimum Gasteiger partial charge on any atom is -0.466 e. The van der Waals surface area contributed by atoms with Crippen molar-refractivity contribution >= 4 is 5.97 Å². The summed E-state index contributed by atoms with van der Waals surface area (Å²) in [5, 5.41) is 0. The molecule has 1 aromatic carbocycles. The molecule has 1 aliphatic rings. The van der Waals surface area contributed by atoms with Gasteiger partial charge in [0.2, 0.25) is 0 Å². The molecule has 1 saturated carbocycles. The first-order valence-corrected chi connectivity index (χ1v) is 5.01. The van der Waals surface area contributed by atoms with Gasteiger partial charge in [0, 0.05) is 0 Å². The third kappa shape index (κ3) is 4.65. The van der Waals surface area contributed by atoms with Crippen LogP contribution in [-0.2, 0) is 9.53 Å². The Labute approximate surface area is 84.9 Å². The van der Waals surface area contributed by atoms with Crippen molar-refractivity contribution < 1.29 is 9.53 Å². The van der Waals surface area contributed by atoms with E-state index in [4.69, 9.17) is 4.74 Å². The molecule has 2 nitrogen and oxygen atoms in total. The number of rotatable bonds is 2. The lowest BCUT2D eigenvalue weighted by atomic mass is 10.4. The van der Waals surface area contributed by atoms with Gasteiger partial charge < -0.3 is 4.74 Å². The first-order valence-electron chi connectivity index (χ1n) is 5.01. The molecular weight excluding hydrogens is 176 g/mol. The Bertz CT molecular complexity index is 226. The van der Waals surface area contributed by atoms with Crippen LogP contribution in [-0.4, -0.2) is 12.6 Å². The Morgan fingerprint density at radius 3 is 1.86 bits per heavy atom. The van der Waals surface area contributed by atoms with Crippen molar-refractivity contribution in [2.24, 2.45) is 5.92 Å². The van der Waals surface area contributed by atoms with Crippen molar-refractivity contribution in [3.8, 4) is 0 Å². The van der Waals surface area contributed by atoms with Gasteiger partial charge in [-0.2, -0.15) is 0 Å². The van der Waals surface area contributed by atoms with Gasteiger partial charge in [-0.3, -0.25) is 4.79 Å². The van der Waals surface area contributed by atoms with E-state index in [1.807, 2.05) is 43.3 Å². The number of ether oxygens (including phenoxy) is 1. The minimum atomic E-state index is -0.00694. The van der Waals surface area contributed by atoms with Crippen LogP contribution in [0.25, 0.3) is 0 Å². The lowest BCUT2D eigenvalue weighted by Gasteiger charge is -1.95. The Morgan fingerprint density at radius 2 is 1.57 bits per heavy atom. The third-order valence-electron chi connectivity index (χ3n) is 1.86. The molecule has 14 heavy (non-hydrogen) atoms. The molecule has 76 valence electrons. The number of carbonyl (C=O) groups is 1. The fourth-order valence-corrected chi connectivity index (χ4v) is 0.964. The van der Waals surface area contributed by atoms with Crippen molar-refractivity contribution in [2.75, 3.05) is 6.61 Å². The summed E-state index contributed by atoms with van der Waals surface area (Å²) in [6.07, 6.45) is 2.08. The van der Waals surface area contributed by atoms with Gasteiger partial charge >= 0.3 is 5.97 Å². The molecule has 0 unspecified atom stereocenters. The van der Waals surface area contributed by atoms with Gasteiger partial charge in [0.1, 0.15) is 0 Å². The molecule has 2 rings (SSSR count). The van der Waals surface area contributed by atoms with Crippen LogP contribution in [0.3, 0.4) is 0 Å². The van der Waals surface area contributed by atoms with Gasteiger partial charge in [0.05, 0.1) is 12.5 Å². The molecule has 0 heterocycles. The van der Waals surface area contributed by atoms with Gasteiger partial charge in [0.15, 0.2) is 0 Å². The number of hydrogen-bond acceptors (Lipinski definition) is 2. The molecule has 0 N–H and O–H groups in total. The van der Waals surface area contributed by atoms with E-state index in [-0.39, 0.29) is 11.9 Å². The van der Waals surface area contributed by atoms with E-state index in [1.54, 1.807) is 0 Å². The second-order valence-electron chi connectivity index (χ2n) is 3.18. The summed E-state index contributed by atoms with van der Waals surface area (Å²) in [4.78, 5) is 10.6. The molecule has 0 aliphatic heterocycles. The molecule has 0 atom stereocenters. The predicted octanol–water partition coefficient (Wildman–Crippen LogP) is 2.65. The van der Waals surface area contributed by atoms with Crippen molar-refractivity contribution in [1.82, 2.24) is 0 Å². The van der Waals surface area contributed by atoms with E-state index in [2.05, 4.69) is 0 Å².